The van der Waals surface area contributed by atoms with Gasteiger partial charge >= 0.3 is 5.69 Å². The number of nitrogen functional groups attached to an aromatic ring is 1. The molecule has 84 valence electrons. The summed E-state index contributed by atoms with van der Waals surface area (Å²) >= 11 is 0. The van der Waals surface area contributed by atoms with Crippen molar-refractivity contribution in [2.75, 3.05) is 19.5 Å². The Morgan fingerprint density at radius 1 is 1.80 bits per heavy atom. The minimum absolute atomic E-state index is 0.0660. The van der Waals surface area contributed by atoms with E-state index in [4.69, 9.17) is 10.5 Å². The molecule has 1 unspecified atom stereocenters. The summed E-state index contributed by atoms with van der Waals surface area (Å²) < 4.78 is 6.42. The quantitative estimate of drug-likeness (QED) is 0.582. The predicted octanol–water partition coefficient (Wildman–Crippen LogP) is 0.971. The third kappa shape index (κ3) is 2.24. The third-order valence-corrected chi connectivity index (χ3v) is 2.19. The molecule has 0 aliphatic rings. The highest BCUT2D eigenvalue weighted by atomic mass is 16.6. The molecule has 0 amide bonds. The molecule has 0 fully saturated rings. The minimum Gasteiger partial charge on any atom is -0.382 e. The molecular formula is C8H14N4O3. The second-order valence-corrected chi connectivity index (χ2v) is 3.13. The number of nitrogens with zero attached hydrogens (tertiary/aromatic N) is 3. The number of hydrogen-bond donors (Lipinski definition) is 1. The van der Waals surface area contributed by atoms with Crippen LogP contribution in [-0.4, -0.2) is 28.4 Å². The number of rotatable bonds is 5. The fraction of sp³-hybridized carbons (Fsp3) is 0.625. The Morgan fingerprint density at radius 2 is 2.47 bits per heavy atom. The molecule has 1 atom stereocenters. The zero-order valence-corrected chi connectivity index (χ0v) is 8.71. The van der Waals surface area contributed by atoms with Crippen molar-refractivity contribution < 1.29 is 9.66 Å². The van der Waals surface area contributed by atoms with Gasteiger partial charge in [-0.05, 0) is 6.42 Å². The molecular weight excluding hydrogens is 200 g/mol. The predicted molar refractivity (Wildman–Crippen MR) is 54.5 cm³/mol. The van der Waals surface area contributed by atoms with E-state index < -0.39 is 4.92 Å². The SMILES string of the molecule is CCC(COC)n1ncc([N+](=O)[O-])c1N. The van der Waals surface area contributed by atoms with Crippen molar-refractivity contribution in [1.29, 1.82) is 0 Å². The molecule has 1 heterocycles. The summed E-state index contributed by atoms with van der Waals surface area (Å²) in [4.78, 5) is 10.0. The largest absolute Gasteiger partial charge is 0.382 e. The van der Waals surface area contributed by atoms with Gasteiger partial charge in [0.1, 0.15) is 6.20 Å². The van der Waals surface area contributed by atoms with E-state index in [0.717, 1.165) is 12.6 Å². The van der Waals surface area contributed by atoms with Crippen LogP contribution in [0.15, 0.2) is 6.20 Å². The topological polar surface area (TPSA) is 96.2 Å². The van der Waals surface area contributed by atoms with Gasteiger partial charge in [0.25, 0.3) is 0 Å². The van der Waals surface area contributed by atoms with Gasteiger partial charge in [0, 0.05) is 7.11 Å². The molecule has 15 heavy (non-hydrogen) atoms. The number of hydrogen-bond acceptors (Lipinski definition) is 5. The minimum atomic E-state index is -0.543. The second-order valence-electron chi connectivity index (χ2n) is 3.13. The van der Waals surface area contributed by atoms with Crippen LogP contribution in [0.5, 0.6) is 0 Å². The normalized spacial score (nSPS) is 12.7. The molecule has 0 radical (unpaired) electrons. The average Bonchev–Trinajstić information content (AvgIpc) is 2.57. The lowest BCUT2D eigenvalue weighted by Crippen LogP contribution is -2.17. The first kappa shape index (κ1) is 11.4. The highest BCUT2D eigenvalue weighted by Gasteiger charge is 2.21. The van der Waals surface area contributed by atoms with Crippen LogP contribution in [0.25, 0.3) is 0 Å². The molecule has 1 aromatic heterocycles. The van der Waals surface area contributed by atoms with Gasteiger partial charge in [-0.25, -0.2) is 4.68 Å². The average molecular weight is 214 g/mol. The number of nitro groups is 1. The number of ether oxygens (including phenoxy) is 1. The van der Waals surface area contributed by atoms with E-state index in [9.17, 15) is 10.1 Å². The fourth-order valence-corrected chi connectivity index (χ4v) is 1.35. The lowest BCUT2D eigenvalue weighted by molar-refractivity contribution is -0.384. The van der Waals surface area contributed by atoms with E-state index in [1.54, 1.807) is 7.11 Å². The second kappa shape index (κ2) is 4.74. The summed E-state index contributed by atoms with van der Waals surface area (Å²) in [5, 5.41) is 14.4. The number of aromatic nitrogens is 2. The maximum absolute atomic E-state index is 10.5. The summed E-state index contributed by atoms with van der Waals surface area (Å²) in [6.45, 7) is 2.37. The van der Waals surface area contributed by atoms with E-state index in [1.807, 2.05) is 6.92 Å². The van der Waals surface area contributed by atoms with Crippen molar-refractivity contribution in [2.24, 2.45) is 0 Å². The van der Waals surface area contributed by atoms with Crippen molar-refractivity contribution >= 4 is 11.5 Å². The Morgan fingerprint density at radius 3 is 2.87 bits per heavy atom. The first-order valence-corrected chi connectivity index (χ1v) is 4.58. The van der Waals surface area contributed by atoms with Gasteiger partial charge in [0.05, 0.1) is 17.6 Å². The van der Waals surface area contributed by atoms with Crippen LogP contribution in [0.4, 0.5) is 11.5 Å². The number of nitrogens with two attached hydrogens (primary N) is 1. The maximum atomic E-state index is 10.5. The van der Waals surface area contributed by atoms with Crippen molar-refractivity contribution in [1.82, 2.24) is 9.78 Å². The van der Waals surface area contributed by atoms with E-state index in [-0.39, 0.29) is 17.5 Å². The molecule has 0 saturated heterocycles. The summed E-state index contributed by atoms with van der Waals surface area (Å²) in [5.74, 6) is 0.0731. The first-order chi connectivity index (χ1) is 7.11. The maximum Gasteiger partial charge on any atom is 0.330 e. The molecule has 7 nitrogen and oxygen atoms in total. The molecule has 0 aromatic carbocycles. The molecule has 1 aromatic rings. The molecule has 1 rings (SSSR count). The van der Waals surface area contributed by atoms with Gasteiger partial charge in [-0.3, -0.25) is 10.1 Å². The van der Waals surface area contributed by atoms with E-state index in [1.165, 1.54) is 4.68 Å². The van der Waals surface area contributed by atoms with E-state index in [0.29, 0.717) is 6.61 Å². The van der Waals surface area contributed by atoms with Crippen molar-refractivity contribution in [3.63, 3.8) is 0 Å². The van der Waals surface area contributed by atoms with Crippen LogP contribution in [0.2, 0.25) is 0 Å². The van der Waals surface area contributed by atoms with Gasteiger partial charge in [-0.1, -0.05) is 6.92 Å². The number of anilines is 1. The summed E-state index contributed by atoms with van der Waals surface area (Å²) in [7, 11) is 1.57. The summed E-state index contributed by atoms with van der Waals surface area (Å²) in [6, 6.07) is -0.0660. The molecule has 0 bridgehead atoms. The van der Waals surface area contributed by atoms with Crippen molar-refractivity contribution in [2.45, 2.75) is 19.4 Å². The molecule has 0 aliphatic carbocycles. The van der Waals surface area contributed by atoms with Crippen molar-refractivity contribution in [3.8, 4) is 0 Å². The van der Waals surface area contributed by atoms with Crippen LogP contribution in [-0.2, 0) is 4.74 Å². The Balaban J connectivity index is 2.98. The van der Waals surface area contributed by atoms with Crippen LogP contribution < -0.4 is 5.73 Å². The molecule has 0 spiro atoms. The smallest absolute Gasteiger partial charge is 0.330 e. The zero-order chi connectivity index (χ0) is 11.4. The lowest BCUT2D eigenvalue weighted by Gasteiger charge is -2.14. The monoisotopic (exact) mass is 214 g/mol. The van der Waals surface area contributed by atoms with E-state index in [2.05, 4.69) is 5.10 Å². The zero-order valence-electron chi connectivity index (χ0n) is 8.71. The Hall–Kier alpha value is -1.63. The molecule has 2 N–H and O–H groups in total. The third-order valence-electron chi connectivity index (χ3n) is 2.19. The fourth-order valence-electron chi connectivity index (χ4n) is 1.35. The van der Waals surface area contributed by atoms with Gasteiger partial charge in [-0.15, -0.1) is 0 Å². The number of methoxy groups -OCH3 is 1. The van der Waals surface area contributed by atoms with Gasteiger partial charge < -0.3 is 10.5 Å². The Labute approximate surface area is 87.0 Å². The molecule has 7 heteroatoms. The Kier molecular flexibility index (Phi) is 3.62. The highest BCUT2D eigenvalue weighted by molar-refractivity contribution is 5.51. The highest BCUT2D eigenvalue weighted by Crippen LogP contribution is 2.24. The van der Waals surface area contributed by atoms with Gasteiger partial charge in [0.2, 0.25) is 5.82 Å². The summed E-state index contributed by atoms with van der Waals surface area (Å²) in [6.07, 6.45) is 1.91. The molecule has 0 saturated carbocycles. The van der Waals surface area contributed by atoms with Crippen LogP contribution in [0, 0.1) is 10.1 Å². The van der Waals surface area contributed by atoms with Gasteiger partial charge in [0.15, 0.2) is 0 Å². The van der Waals surface area contributed by atoms with Crippen molar-refractivity contribution in [3.05, 3.63) is 16.3 Å². The standard InChI is InChI=1S/C8H14N4O3/c1-3-6(5-15-2)11-8(9)7(4-10-11)12(13)14/h4,6H,3,5,9H2,1-2H3. The summed E-state index contributed by atoms with van der Waals surface area (Å²) in [5.41, 5.74) is 5.45. The van der Waals surface area contributed by atoms with Crippen LogP contribution in [0.1, 0.15) is 19.4 Å². The molecule has 0 aliphatic heterocycles. The first-order valence-electron chi connectivity index (χ1n) is 4.58. The van der Waals surface area contributed by atoms with Gasteiger partial charge in [-0.2, -0.15) is 5.10 Å². The Bertz CT molecular complexity index is 350. The van der Waals surface area contributed by atoms with Crippen LogP contribution >= 0.6 is 0 Å². The van der Waals surface area contributed by atoms with Crippen LogP contribution in [0.3, 0.4) is 0 Å². The lowest BCUT2D eigenvalue weighted by atomic mass is 10.2. The van der Waals surface area contributed by atoms with E-state index >= 15 is 0 Å².